The number of rotatable bonds is 3. The van der Waals surface area contributed by atoms with Gasteiger partial charge in [0.05, 0.1) is 12.1 Å². The Labute approximate surface area is 132 Å². The van der Waals surface area contributed by atoms with Gasteiger partial charge in [0, 0.05) is 12.1 Å². The summed E-state index contributed by atoms with van der Waals surface area (Å²) < 4.78 is 0. The zero-order valence-corrected chi connectivity index (χ0v) is 14.1. The maximum atomic E-state index is 12.8. The summed E-state index contributed by atoms with van der Waals surface area (Å²) in [6.07, 6.45) is 2.21. The predicted molar refractivity (Wildman–Crippen MR) is 87.4 cm³/mol. The summed E-state index contributed by atoms with van der Waals surface area (Å²) in [5, 5.41) is 4.10. The van der Waals surface area contributed by atoms with Gasteiger partial charge in [-0.25, -0.2) is 0 Å². The molecule has 1 aliphatic rings. The monoisotopic (exact) mass is 308 g/mol. The number of likely N-dealkylation sites (N-methyl/N-ethyl adjacent to an activating group) is 1. The highest BCUT2D eigenvalue weighted by Gasteiger charge is 2.39. The molecule has 1 aromatic rings. The molecule has 0 spiro atoms. The first-order valence-electron chi connectivity index (χ1n) is 7.58. The van der Waals surface area contributed by atoms with Crippen molar-refractivity contribution in [2.24, 2.45) is 5.41 Å². The van der Waals surface area contributed by atoms with Crippen molar-refractivity contribution in [3.8, 4) is 0 Å². The van der Waals surface area contributed by atoms with Crippen LogP contribution in [0.4, 0.5) is 0 Å². The highest BCUT2D eigenvalue weighted by atomic mass is 35.5. The van der Waals surface area contributed by atoms with E-state index in [1.807, 2.05) is 43.1 Å². The molecule has 2 rings (SSSR count). The van der Waals surface area contributed by atoms with E-state index < -0.39 is 0 Å². The minimum absolute atomic E-state index is 0.00234. The molecular weight excluding hydrogens is 284 g/mol. The molecule has 0 radical (unpaired) electrons. The van der Waals surface area contributed by atoms with E-state index in [9.17, 15) is 4.79 Å². The Kier molecular flexibility index (Phi) is 4.95. The first-order valence-corrected chi connectivity index (χ1v) is 7.96. The van der Waals surface area contributed by atoms with E-state index >= 15 is 0 Å². The summed E-state index contributed by atoms with van der Waals surface area (Å²) in [4.78, 5) is 14.7. The van der Waals surface area contributed by atoms with E-state index in [1.165, 1.54) is 0 Å². The molecule has 0 aliphatic carbocycles. The molecule has 0 saturated carbocycles. The van der Waals surface area contributed by atoms with E-state index in [4.69, 9.17) is 11.6 Å². The average Bonchev–Trinajstić information content (AvgIpc) is 2.44. The van der Waals surface area contributed by atoms with Crippen LogP contribution in [0, 0.1) is 5.41 Å². The van der Waals surface area contributed by atoms with Gasteiger partial charge in [0.1, 0.15) is 0 Å². The third kappa shape index (κ3) is 3.58. The van der Waals surface area contributed by atoms with Crippen LogP contribution in [0.1, 0.15) is 45.2 Å². The van der Waals surface area contributed by atoms with E-state index in [0.29, 0.717) is 5.02 Å². The Hall–Kier alpha value is -1.06. The van der Waals surface area contributed by atoms with Gasteiger partial charge >= 0.3 is 0 Å². The first-order chi connectivity index (χ1) is 9.83. The van der Waals surface area contributed by atoms with Gasteiger partial charge in [-0.1, -0.05) is 37.6 Å². The van der Waals surface area contributed by atoms with Crippen molar-refractivity contribution in [2.75, 3.05) is 13.6 Å². The Bertz CT molecular complexity index is 515. The molecule has 1 saturated heterocycles. The Balaban J connectivity index is 2.15. The van der Waals surface area contributed by atoms with Crippen LogP contribution in [-0.4, -0.2) is 30.4 Å². The normalized spacial score (nSPS) is 22.6. The molecule has 1 heterocycles. The Morgan fingerprint density at radius 2 is 2.19 bits per heavy atom. The van der Waals surface area contributed by atoms with Crippen molar-refractivity contribution in [1.29, 1.82) is 0 Å². The quantitative estimate of drug-likeness (QED) is 0.924. The third-order valence-electron chi connectivity index (χ3n) is 4.63. The number of hydrogen-bond donors (Lipinski definition) is 1. The van der Waals surface area contributed by atoms with Crippen LogP contribution in [0.15, 0.2) is 24.3 Å². The number of piperidine rings is 1. The van der Waals surface area contributed by atoms with Crippen molar-refractivity contribution in [3.05, 3.63) is 34.9 Å². The number of hydrogen-bond acceptors (Lipinski definition) is 2. The van der Waals surface area contributed by atoms with Gasteiger partial charge in [-0.2, -0.15) is 0 Å². The van der Waals surface area contributed by atoms with Crippen molar-refractivity contribution in [2.45, 2.75) is 45.7 Å². The van der Waals surface area contributed by atoms with Crippen LogP contribution in [0.3, 0.4) is 0 Å². The number of carbonyl (C=O) groups is 1. The molecule has 21 heavy (non-hydrogen) atoms. The molecule has 0 aromatic heterocycles. The molecule has 1 amide bonds. The zero-order valence-electron chi connectivity index (χ0n) is 13.3. The summed E-state index contributed by atoms with van der Waals surface area (Å²) in [6.45, 7) is 7.29. The minimum atomic E-state index is -0.113. The topological polar surface area (TPSA) is 32.3 Å². The SMILES string of the molecule is CC(c1cccc(Cl)c1)N(C)C(=O)C1NCCCC1(C)C. The second-order valence-corrected chi connectivity index (χ2v) is 7.10. The maximum absolute atomic E-state index is 12.8. The van der Waals surface area contributed by atoms with Crippen LogP contribution in [-0.2, 0) is 4.79 Å². The fourth-order valence-corrected chi connectivity index (χ4v) is 3.22. The fourth-order valence-electron chi connectivity index (χ4n) is 3.02. The molecule has 1 aromatic carbocycles. The molecule has 0 bridgehead atoms. The number of carbonyl (C=O) groups excluding carboxylic acids is 1. The van der Waals surface area contributed by atoms with Crippen LogP contribution in [0.2, 0.25) is 5.02 Å². The summed E-state index contributed by atoms with van der Waals surface area (Å²) in [6, 6.07) is 7.62. The number of halogens is 1. The van der Waals surface area contributed by atoms with Gasteiger partial charge < -0.3 is 10.2 Å². The van der Waals surface area contributed by atoms with Gasteiger partial charge in [0.15, 0.2) is 0 Å². The number of amides is 1. The molecule has 3 nitrogen and oxygen atoms in total. The van der Waals surface area contributed by atoms with E-state index in [2.05, 4.69) is 19.2 Å². The lowest BCUT2D eigenvalue weighted by Crippen LogP contribution is -2.56. The molecule has 116 valence electrons. The Morgan fingerprint density at radius 3 is 2.81 bits per heavy atom. The molecule has 2 atom stereocenters. The second-order valence-electron chi connectivity index (χ2n) is 6.66. The van der Waals surface area contributed by atoms with Crippen molar-refractivity contribution < 1.29 is 4.79 Å². The van der Waals surface area contributed by atoms with Crippen LogP contribution in [0.25, 0.3) is 0 Å². The lowest BCUT2D eigenvalue weighted by molar-refractivity contribution is -0.138. The van der Waals surface area contributed by atoms with Crippen LogP contribution >= 0.6 is 11.6 Å². The molecule has 2 unspecified atom stereocenters. The van der Waals surface area contributed by atoms with Crippen LogP contribution in [0.5, 0.6) is 0 Å². The minimum Gasteiger partial charge on any atom is -0.338 e. The van der Waals surface area contributed by atoms with Gasteiger partial charge in [0.2, 0.25) is 5.91 Å². The van der Waals surface area contributed by atoms with Gasteiger partial charge in [0.25, 0.3) is 0 Å². The van der Waals surface area contributed by atoms with E-state index in [1.54, 1.807) is 0 Å². The number of nitrogens with one attached hydrogen (secondary N) is 1. The molecular formula is C17H25ClN2O. The standard InChI is InChI=1S/C17H25ClN2O/c1-12(13-7-5-8-14(18)11-13)20(4)16(21)15-17(2,3)9-6-10-19-15/h5,7-8,11-12,15,19H,6,9-10H2,1-4H3. The lowest BCUT2D eigenvalue weighted by atomic mass is 9.77. The third-order valence-corrected chi connectivity index (χ3v) is 4.87. The van der Waals surface area contributed by atoms with E-state index in [-0.39, 0.29) is 23.4 Å². The van der Waals surface area contributed by atoms with Gasteiger partial charge in [-0.05, 0) is 49.4 Å². The zero-order chi connectivity index (χ0) is 15.6. The molecule has 1 aliphatic heterocycles. The highest BCUT2D eigenvalue weighted by Crippen LogP contribution is 2.32. The van der Waals surface area contributed by atoms with Crippen molar-refractivity contribution in [1.82, 2.24) is 10.2 Å². The number of nitrogens with zero attached hydrogens (tertiary/aromatic N) is 1. The smallest absolute Gasteiger partial charge is 0.240 e. The van der Waals surface area contributed by atoms with E-state index in [0.717, 1.165) is 24.9 Å². The van der Waals surface area contributed by atoms with Crippen molar-refractivity contribution in [3.63, 3.8) is 0 Å². The van der Waals surface area contributed by atoms with Crippen LogP contribution < -0.4 is 5.32 Å². The second kappa shape index (κ2) is 6.37. The summed E-state index contributed by atoms with van der Waals surface area (Å²) in [5.41, 5.74) is 1.06. The Morgan fingerprint density at radius 1 is 1.48 bits per heavy atom. The van der Waals surface area contributed by atoms with Crippen molar-refractivity contribution >= 4 is 17.5 Å². The molecule has 1 N–H and O–H groups in total. The summed E-state index contributed by atoms with van der Waals surface area (Å²) in [7, 11) is 1.88. The predicted octanol–water partition coefficient (Wildman–Crippen LogP) is 3.64. The van der Waals surface area contributed by atoms with Gasteiger partial charge in [-0.3, -0.25) is 4.79 Å². The highest BCUT2D eigenvalue weighted by molar-refractivity contribution is 6.30. The fraction of sp³-hybridized carbons (Fsp3) is 0.588. The first kappa shape index (κ1) is 16.3. The maximum Gasteiger partial charge on any atom is 0.240 e. The van der Waals surface area contributed by atoms with Gasteiger partial charge in [-0.15, -0.1) is 0 Å². The lowest BCUT2D eigenvalue weighted by Gasteiger charge is -2.41. The summed E-state index contributed by atoms with van der Waals surface area (Å²) >= 11 is 6.05. The molecule has 4 heteroatoms. The average molecular weight is 309 g/mol. The summed E-state index contributed by atoms with van der Waals surface area (Å²) in [5.74, 6) is 0.159. The molecule has 1 fully saturated rings. The number of benzene rings is 1. The largest absolute Gasteiger partial charge is 0.338 e.